The number of hydrogen-bond donors (Lipinski definition) is 1. The molecule has 1 aliphatic carbocycles. The number of benzene rings is 3. The quantitative estimate of drug-likeness (QED) is 0.121. The molecule has 3 aromatic carbocycles. The van der Waals surface area contributed by atoms with Gasteiger partial charge in [-0.2, -0.15) is 0 Å². The van der Waals surface area contributed by atoms with Gasteiger partial charge >= 0.3 is 5.97 Å². The lowest BCUT2D eigenvalue weighted by molar-refractivity contribution is 0.0524. The smallest absolute Gasteiger partial charge is 0.343 e. The number of hydrogen-bond acceptors (Lipinski definition) is 6. The van der Waals surface area contributed by atoms with Crippen molar-refractivity contribution >= 4 is 22.8 Å². The highest BCUT2D eigenvalue weighted by Crippen LogP contribution is 2.47. The van der Waals surface area contributed by atoms with Gasteiger partial charge in [-0.05, 0) is 85.2 Å². The van der Waals surface area contributed by atoms with Gasteiger partial charge in [0.05, 0.1) is 17.7 Å². The number of halogens is 1. The molecule has 8 heteroatoms. The molecule has 0 amide bonds. The van der Waals surface area contributed by atoms with Crippen LogP contribution in [0, 0.1) is 12.7 Å². The van der Waals surface area contributed by atoms with E-state index in [9.17, 15) is 9.59 Å². The maximum absolute atomic E-state index is 16.5. The number of fused-ring (bicyclic) bond motifs is 2. The zero-order valence-electron chi connectivity index (χ0n) is 29.0. The molecule has 4 heterocycles. The third kappa shape index (κ3) is 5.81. The highest BCUT2D eigenvalue weighted by atomic mass is 32.1. The fourth-order valence-electron chi connectivity index (χ4n) is 7.92. The Kier molecular flexibility index (Phi) is 8.70. The molecule has 1 saturated carbocycles. The molecule has 1 aliphatic heterocycles. The minimum atomic E-state index is -0.674. The standard InChI is InChI=1S/C43H40FN3O3S/c1-4-50-42(49)34-22-32(28-20-21-28)40-27(2)39(35(44)24-47(40)41(34)48)37-23-33-36(25-46(3)26-38(33)51-37)45-43(29-14-8-5-9-15-29,30-16-10-6-11-17-30)31-18-12-7-13-19-31/h5-19,22-24,28,36,45H,4,20-21,25-26H2,1-3H3. The van der Waals surface area contributed by atoms with E-state index in [4.69, 9.17) is 4.74 Å². The number of aromatic nitrogens is 1. The average Bonchev–Trinajstić information content (AvgIpc) is 3.91. The second-order valence-corrected chi connectivity index (χ2v) is 14.9. The molecule has 258 valence electrons. The lowest BCUT2D eigenvalue weighted by atomic mass is 9.76. The predicted molar refractivity (Wildman–Crippen MR) is 201 cm³/mol. The summed E-state index contributed by atoms with van der Waals surface area (Å²) < 4.78 is 23.0. The van der Waals surface area contributed by atoms with Crippen molar-refractivity contribution < 1.29 is 13.9 Å². The van der Waals surface area contributed by atoms with Crippen molar-refractivity contribution in [2.24, 2.45) is 0 Å². The van der Waals surface area contributed by atoms with Gasteiger partial charge in [-0.15, -0.1) is 11.3 Å². The van der Waals surface area contributed by atoms with Gasteiger partial charge in [0.1, 0.15) is 11.4 Å². The number of nitrogens with zero attached hydrogens (tertiary/aromatic N) is 2. The topological polar surface area (TPSA) is 63.1 Å². The molecule has 51 heavy (non-hydrogen) atoms. The van der Waals surface area contributed by atoms with E-state index in [2.05, 4.69) is 96.1 Å². The summed E-state index contributed by atoms with van der Waals surface area (Å²) in [5, 5.41) is 4.18. The van der Waals surface area contributed by atoms with Crippen molar-refractivity contribution in [1.82, 2.24) is 14.6 Å². The predicted octanol–water partition coefficient (Wildman–Crippen LogP) is 8.60. The SMILES string of the molecule is CCOC(=O)c1cc(C2CC2)c2c(C)c(-c3cc4c(s3)CN(C)CC4NC(c3ccccc3)(c3ccccc3)c3ccccc3)c(F)cn2c1=O. The van der Waals surface area contributed by atoms with Gasteiger partial charge in [0.25, 0.3) is 5.56 Å². The average molecular weight is 698 g/mol. The molecule has 0 radical (unpaired) electrons. The minimum absolute atomic E-state index is 0.0509. The van der Waals surface area contributed by atoms with Crippen LogP contribution in [0.4, 0.5) is 4.39 Å². The van der Waals surface area contributed by atoms with Crippen LogP contribution < -0.4 is 10.9 Å². The van der Waals surface area contributed by atoms with E-state index < -0.39 is 22.9 Å². The maximum atomic E-state index is 16.5. The summed E-state index contributed by atoms with van der Waals surface area (Å²) in [5.74, 6) is -0.952. The van der Waals surface area contributed by atoms with Crippen molar-refractivity contribution in [2.45, 2.75) is 50.7 Å². The summed E-state index contributed by atoms with van der Waals surface area (Å²) in [6.45, 7) is 5.27. The van der Waals surface area contributed by atoms with Crippen molar-refractivity contribution in [3.63, 3.8) is 0 Å². The molecular weight excluding hydrogens is 658 g/mol. The zero-order valence-corrected chi connectivity index (χ0v) is 29.8. The summed E-state index contributed by atoms with van der Waals surface area (Å²) in [6.07, 6.45) is 3.18. The Morgan fingerprint density at radius 2 is 1.51 bits per heavy atom. The molecule has 2 aliphatic rings. The number of rotatable bonds is 9. The summed E-state index contributed by atoms with van der Waals surface area (Å²) >= 11 is 1.61. The Labute approximate surface area is 301 Å². The van der Waals surface area contributed by atoms with E-state index in [0.717, 1.165) is 58.6 Å². The highest BCUT2D eigenvalue weighted by Gasteiger charge is 2.41. The third-order valence-corrected chi connectivity index (χ3v) is 11.5. The highest BCUT2D eigenvalue weighted by molar-refractivity contribution is 7.15. The fourth-order valence-corrected chi connectivity index (χ4v) is 9.33. The van der Waals surface area contributed by atoms with Gasteiger partial charge in [0, 0.05) is 40.6 Å². The summed E-state index contributed by atoms with van der Waals surface area (Å²) in [7, 11) is 2.13. The first-order valence-electron chi connectivity index (χ1n) is 17.6. The van der Waals surface area contributed by atoms with Crippen LogP contribution in [-0.4, -0.2) is 35.5 Å². The number of esters is 1. The van der Waals surface area contributed by atoms with Crippen molar-refractivity contribution in [3.8, 4) is 10.4 Å². The van der Waals surface area contributed by atoms with E-state index >= 15 is 4.39 Å². The summed E-state index contributed by atoms with van der Waals surface area (Å²) in [6, 6.07) is 35.5. The zero-order chi connectivity index (χ0) is 35.3. The van der Waals surface area contributed by atoms with Crippen LogP contribution in [0.1, 0.15) is 80.3 Å². The Balaban J connectivity index is 1.28. The van der Waals surface area contributed by atoms with Crippen LogP contribution in [-0.2, 0) is 16.8 Å². The third-order valence-electron chi connectivity index (χ3n) is 10.4. The second kappa shape index (κ2) is 13.3. The Morgan fingerprint density at radius 3 is 2.06 bits per heavy atom. The maximum Gasteiger partial charge on any atom is 0.343 e. The monoisotopic (exact) mass is 697 g/mol. The number of nitrogens with one attached hydrogen (secondary N) is 1. The largest absolute Gasteiger partial charge is 0.462 e. The van der Waals surface area contributed by atoms with Gasteiger partial charge < -0.3 is 4.74 Å². The van der Waals surface area contributed by atoms with Gasteiger partial charge in [-0.1, -0.05) is 91.0 Å². The van der Waals surface area contributed by atoms with Gasteiger partial charge in [-0.3, -0.25) is 19.4 Å². The van der Waals surface area contributed by atoms with Gasteiger partial charge in [0.2, 0.25) is 0 Å². The molecule has 1 N–H and O–H groups in total. The van der Waals surface area contributed by atoms with Crippen LogP contribution >= 0.6 is 11.3 Å². The van der Waals surface area contributed by atoms with E-state index in [1.54, 1.807) is 24.3 Å². The number of thiophene rings is 1. The first-order valence-corrected chi connectivity index (χ1v) is 18.4. The van der Waals surface area contributed by atoms with Crippen LogP contribution in [0.15, 0.2) is 114 Å². The van der Waals surface area contributed by atoms with E-state index in [1.807, 2.05) is 25.1 Å². The van der Waals surface area contributed by atoms with Crippen molar-refractivity contribution in [1.29, 1.82) is 0 Å². The summed E-state index contributed by atoms with van der Waals surface area (Å²) in [5.41, 5.74) is 6.04. The van der Waals surface area contributed by atoms with Crippen LogP contribution in [0.2, 0.25) is 0 Å². The van der Waals surface area contributed by atoms with Crippen LogP contribution in [0.25, 0.3) is 16.0 Å². The Morgan fingerprint density at radius 1 is 0.922 bits per heavy atom. The molecule has 1 fully saturated rings. The fraction of sp³-hybridized carbons (Fsp3) is 0.256. The van der Waals surface area contributed by atoms with E-state index in [-0.39, 0.29) is 24.1 Å². The first kappa shape index (κ1) is 33.3. The van der Waals surface area contributed by atoms with E-state index in [0.29, 0.717) is 16.6 Å². The van der Waals surface area contributed by atoms with Crippen molar-refractivity contribution in [2.75, 3.05) is 20.2 Å². The molecule has 6 nitrogen and oxygen atoms in total. The normalized spacial score (nSPS) is 16.3. The van der Waals surface area contributed by atoms with Crippen LogP contribution in [0.3, 0.4) is 0 Å². The molecule has 0 bridgehead atoms. The number of carbonyl (C=O) groups excluding carboxylic acids is 1. The second-order valence-electron chi connectivity index (χ2n) is 13.7. The van der Waals surface area contributed by atoms with E-state index in [1.165, 1.54) is 15.5 Å². The molecule has 8 rings (SSSR count). The molecule has 3 aromatic heterocycles. The van der Waals surface area contributed by atoms with Crippen LogP contribution in [0.5, 0.6) is 0 Å². The summed E-state index contributed by atoms with van der Waals surface area (Å²) in [4.78, 5) is 30.7. The molecule has 6 aromatic rings. The molecule has 1 atom stereocenters. The first-order chi connectivity index (χ1) is 24.8. The number of aryl methyl sites for hydroxylation is 1. The lowest BCUT2D eigenvalue weighted by Gasteiger charge is -2.42. The van der Waals surface area contributed by atoms with Gasteiger partial charge in [0.15, 0.2) is 0 Å². The molecule has 0 saturated heterocycles. The Hall–Kier alpha value is -4.89. The number of pyridine rings is 2. The molecule has 0 spiro atoms. The van der Waals surface area contributed by atoms with Crippen molar-refractivity contribution in [3.05, 3.63) is 169 Å². The number of carbonyl (C=O) groups is 1. The minimum Gasteiger partial charge on any atom is -0.462 e. The molecular formula is C43H40FN3O3S. The number of likely N-dealkylation sites (N-methyl/N-ethyl adjacent to an activating group) is 1. The van der Waals surface area contributed by atoms with Gasteiger partial charge in [-0.25, -0.2) is 9.18 Å². The Bertz CT molecular complexity index is 2200. The molecule has 1 unspecified atom stereocenters. The lowest BCUT2D eigenvalue weighted by Crippen LogP contribution is -2.50. The number of ether oxygens (including phenoxy) is 1.